The van der Waals surface area contributed by atoms with Gasteiger partial charge in [-0.2, -0.15) is 5.26 Å². The lowest BCUT2D eigenvalue weighted by Gasteiger charge is -2.14. The molecule has 0 unspecified atom stereocenters. The topological polar surface area (TPSA) is 63.7 Å². The zero-order chi connectivity index (χ0) is 20.9. The predicted molar refractivity (Wildman–Crippen MR) is 119 cm³/mol. The first-order valence-electron chi connectivity index (χ1n) is 9.17. The van der Waals surface area contributed by atoms with E-state index in [4.69, 9.17) is 21.6 Å². The van der Waals surface area contributed by atoms with Crippen LogP contribution in [-0.2, 0) is 5.75 Å². The van der Waals surface area contributed by atoms with Gasteiger partial charge in [0.25, 0.3) is 0 Å². The molecule has 30 heavy (non-hydrogen) atoms. The van der Waals surface area contributed by atoms with Crippen molar-refractivity contribution in [3.8, 4) is 28.9 Å². The standard InChI is InChI=1S/C23H17ClN4OS/c1-29-21-9-5-4-8-20(21)28-22(18-6-2-3-7-19(18)24)26-27-23(28)30-15-17-12-10-16(14-25)11-13-17/h2-13H,15H2,1H3. The minimum Gasteiger partial charge on any atom is -0.495 e. The summed E-state index contributed by atoms with van der Waals surface area (Å²) >= 11 is 8.01. The van der Waals surface area contributed by atoms with Crippen LogP contribution < -0.4 is 4.74 Å². The number of hydrogen-bond donors (Lipinski definition) is 0. The minimum absolute atomic E-state index is 0.602. The molecule has 0 atom stereocenters. The van der Waals surface area contributed by atoms with E-state index in [1.165, 1.54) is 0 Å². The average Bonchev–Trinajstić information content (AvgIpc) is 3.21. The van der Waals surface area contributed by atoms with Gasteiger partial charge in [-0.3, -0.25) is 4.57 Å². The Labute approximate surface area is 183 Å². The van der Waals surface area contributed by atoms with Crippen LogP contribution in [0, 0.1) is 11.3 Å². The van der Waals surface area contributed by atoms with Gasteiger partial charge < -0.3 is 4.74 Å². The van der Waals surface area contributed by atoms with Crippen LogP contribution >= 0.6 is 23.4 Å². The fraction of sp³-hybridized carbons (Fsp3) is 0.0870. The molecule has 0 amide bonds. The number of methoxy groups -OCH3 is 1. The normalized spacial score (nSPS) is 10.6. The van der Waals surface area contributed by atoms with Crippen molar-refractivity contribution in [1.29, 1.82) is 5.26 Å². The van der Waals surface area contributed by atoms with E-state index in [0.29, 0.717) is 27.9 Å². The molecule has 7 heteroatoms. The van der Waals surface area contributed by atoms with Gasteiger partial charge in [-0.15, -0.1) is 10.2 Å². The maximum absolute atomic E-state index is 8.98. The number of rotatable bonds is 6. The van der Waals surface area contributed by atoms with Crippen LogP contribution in [-0.4, -0.2) is 21.9 Å². The quantitative estimate of drug-likeness (QED) is 0.362. The molecule has 4 aromatic rings. The lowest BCUT2D eigenvalue weighted by atomic mass is 10.2. The highest BCUT2D eigenvalue weighted by molar-refractivity contribution is 7.98. The maximum atomic E-state index is 8.98. The summed E-state index contributed by atoms with van der Waals surface area (Å²) in [5, 5.41) is 19.2. The van der Waals surface area contributed by atoms with E-state index in [2.05, 4.69) is 16.3 Å². The first-order valence-corrected chi connectivity index (χ1v) is 10.5. The molecule has 0 aliphatic rings. The van der Waals surface area contributed by atoms with Gasteiger partial charge in [-0.05, 0) is 42.0 Å². The number of halogens is 1. The fourth-order valence-corrected chi connectivity index (χ4v) is 4.16. The predicted octanol–water partition coefficient (Wildman–Crippen LogP) is 5.76. The van der Waals surface area contributed by atoms with Crippen LogP contribution in [0.5, 0.6) is 5.75 Å². The molecule has 0 aliphatic carbocycles. The number of para-hydroxylation sites is 2. The van der Waals surface area contributed by atoms with E-state index >= 15 is 0 Å². The second-order valence-electron chi connectivity index (χ2n) is 6.39. The fourth-order valence-electron chi connectivity index (χ4n) is 3.04. The Bertz CT molecular complexity index is 1210. The summed E-state index contributed by atoms with van der Waals surface area (Å²) in [7, 11) is 1.64. The third-order valence-corrected chi connectivity index (χ3v) is 5.85. The van der Waals surface area contributed by atoms with Gasteiger partial charge in [-0.25, -0.2) is 0 Å². The molecule has 0 saturated carbocycles. The smallest absolute Gasteiger partial charge is 0.196 e. The summed E-state index contributed by atoms with van der Waals surface area (Å²) in [5.41, 5.74) is 3.36. The maximum Gasteiger partial charge on any atom is 0.196 e. The van der Waals surface area contributed by atoms with E-state index in [9.17, 15) is 0 Å². The second-order valence-corrected chi connectivity index (χ2v) is 7.74. The largest absolute Gasteiger partial charge is 0.495 e. The van der Waals surface area contributed by atoms with Crippen LogP contribution in [0.3, 0.4) is 0 Å². The van der Waals surface area contributed by atoms with Crippen LogP contribution in [0.1, 0.15) is 11.1 Å². The molecular formula is C23H17ClN4OS. The van der Waals surface area contributed by atoms with Gasteiger partial charge in [0.05, 0.1) is 29.5 Å². The molecule has 148 valence electrons. The summed E-state index contributed by atoms with van der Waals surface area (Å²) in [4.78, 5) is 0. The Hall–Kier alpha value is -3.27. The summed E-state index contributed by atoms with van der Waals surface area (Å²) in [6, 6.07) is 25.0. The first-order chi connectivity index (χ1) is 14.7. The van der Waals surface area contributed by atoms with Crippen LogP contribution in [0.2, 0.25) is 5.02 Å². The van der Waals surface area contributed by atoms with Crippen molar-refractivity contribution < 1.29 is 4.74 Å². The Balaban J connectivity index is 1.77. The number of thioether (sulfide) groups is 1. The van der Waals surface area contributed by atoms with Gasteiger partial charge in [0.15, 0.2) is 11.0 Å². The van der Waals surface area contributed by atoms with Crippen LogP contribution in [0.4, 0.5) is 0 Å². The summed E-state index contributed by atoms with van der Waals surface area (Å²) in [6.45, 7) is 0. The highest BCUT2D eigenvalue weighted by atomic mass is 35.5. The minimum atomic E-state index is 0.602. The molecule has 1 aromatic heterocycles. The van der Waals surface area contributed by atoms with E-state index in [1.807, 2.05) is 77.4 Å². The van der Waals surface area contributed by atoms with Crippen molar-refractivity contribution in [3.63, 3.8) is 0 Å². The van der Waals surface area contributed by atoms with E-state index in [0.717, 1.165) is 22.0 Å². The Morgan fingerprint density at radius 1 is 1.00 bits per heavy atom. The molecule has 0 fully saturated rings. The lowest BCUT2D eigenvalue weighted by molar-refractivity contribution is 0.412. The van der Waals surface area contributed by atoms with Crippen LogP contribution in [0.15, 0.2) is 78.0 Å². The van der Waals surface area contributed by atoms with Crippen LogP contribution in [0.25, 0.3) is 17.1 Å². The highest BCUT2D eigenvalue weighted by Gasteiger charge is 2.20. The summed E-state index contributed by atoms with van der Waals surface area (Å²) in [6.07, 6.45) is 0. The molecule has 0 aliphatic heterocycles. The average molecular weight is 433 g/mol. The SMILES string of the molecule is COc1ccccc1-n1c(SCc2ccc(C#N)cc2)nnc1-c1ccccc1Cl. The van der Waals surface area contributed by atoms with Gasteiger partial charge in [0.2, 0.25) is 0 Å². The molecule has 3 aromatic carbocycles. The number of nitrogens with zero attached hydrogens (tertiary/aromatic N) is 4. The number of aromatic nitrogens is 3. The molecule has 0 bridgehead atoms. The van der Waals surface area contributed by atoms with Crippen molar-refractivity contribution >= 4 is 23.4 Å². The molecule has 0 N–H and O–H groups in total. The number of hydrogen-bond acceptors (Lipinski definition) is 5. The molecule has 0 radical (unpaired) electrons. The molecular weight excluding hydrogens is 416 g/mol. The Morgan fingerprint density at radius 3 is 2.47 bits per heavy atom. The summed E-state index contributed by atoms with van der Waals surface area (Å²) < 4.78 is 7.55. The number of ether oxygens (including phenoxy) is 1. The van der Waals surface area contributed by atoms with Gasteiger partial charge >= 0.3 is 0 Å². The third-order valence-electron chi connectivity index (χ3n) is 4.53. The zero-order valence-electron chi connectivity index (χ0n) is 16.1. The monoisotopic (exact) mass is 432 g/mol. The lowest BCUT2D eigenvalue weighted by Crippen LogP contribution is -2.02. The Morgan fingerprint density at radius 2 is 1.73 bits per heavy atom. The third kappa shape index (κ3) is 4.04. The Kier molecular flexibility index (Phi) is 6.03. The van der Waals surface area contributed by atoms with Gasteiger partial charge in [-0.1, -0.05) is 59.8 Å². The van der Waals surface area contributed by atoms with Crippen molar-refractivity contribution in [2.24, 2.45) is 0 Å². The second kappa shape index (κ2) is 9.04. The molecule has 5 nitrogen and oxygen atoms in total. The molecule has 4 rings (SSSR count). The van der Waals surface area contributed by atoms with E-state index in [1.54, 1.807) is 18.9 Å². The van der Waals surface area contributed by atoms with E-state index in [-0.39, 0.29) is 0 Å². The highest BCUT2D eigenvalue weighted by Crippen LogP contribution is 2.35. The van der Waals surface area contributed by atoms with E-state index < -0.39 is 0 Å². The molecule has 0 saturated heterocycles. The molecule has 0 spiro atoms. The van der Waals surface area contributed by atoms with Gasteiger partial charge in [0, 0.05) is 11.3 Å². The van der Waals surface area contributed by atoms with Crippen molar-refractivity contribution in [3.05, 3.63) is 88.9 Å². The summed E-state index contributed by atoms with van der Waals surface area (Å²) in [5.74, 6) is 2.04. The van der Waals surface area contributed by atoms with Gasteiger partial charge in [0.1, 0.15) is 5.75 Å². The number of nitriles is 1. The van der Waals surface area contributed by atoms with Crippen molar-refractivity contribution in [2.75, 3.05) is 7.11 Å². The van der Waals surface area contributed by atoms with Crippen molar-refractivity contribution in [2.45, 2.75) is 10.9 Å². The molecule has 1 heterocycles. The zero-order valence-corrected chi connectivity index (χ0v) is 17.7. The number of benzene rings is 3. The first kappa shape index (κ1) is 20.0. The van der Waals surface area contributed by atoms with Crippen molar-refractivity contribution in [1.82, 2.24) is 14.8 Å².